The lowest BCUT2D eigenvalue weighted by Gasteiger charge is -2.25. The molecule has 98 valence electrons. The fourth-order valence-electron chi connectivity index (χ4n) is 2.32. The molecule has 0 bridgehead atoms. The van der Waals surface area contributed by atoms with E-state index in [1.54, 1.807) is 0 Å². The summed E-state index contributed by atoms with van der Waals surface area (Å²) in [7, 11) is 0. The predicted octanol–water partition coefficient (Wildman–Crippen LogP) is 2.79. The topological polar surface area (TPSA) is 29.9 Å². The number of hydrogen-bond acceptors (Lipinski definition) is 2. The first-order valence-electron chi connectivity index (χ1n) is 6.77. The number of aryl methyl sites for hydroxylation is 1. The van der Waals surface area contributed by atoms with Gasteiger partial charge in [-0.2, -0.15) is 0 Å². The zero-order chi connectivity index (χ0) is 12.7. The van der Waals surface area contributed by atoms with Gasteiger partial charge >= 0.3 is 0 Å². The molecule has 1 aromatic heterocycles. The molecule has 0 fully saturated rings. The minimum Gasteiger partial charge on any atom is -0.337 e. The molecule has 3 nitrogen and oxygen atoms in total. The Hall–Kier alpha value is -0.830. The van der Waals surface area contributed by atoms with Gasteiger partial charge in [0.2, 0.25) is 0 Å². The highest BCUT2D eigenvalue weighted by molar-refractivity contribution is 4.74. The number of rotatable bonds is 8. The van der Waals surface area contributed by atoms with E-state index in [2.05, 4.69) is 42.6 Å². The Labute approximate surface area is 106 Å². The van der Waals surface area contributed by atoms with Crippen molar-refractivity contribution in [3.8, 4) is 0 Å². The summed E-state index contributed by atoms with van der Waals surface area (Å²) in [5, 5.41) is 3.58. The summed E-state index contributed by atoms with van der Waals surface area (Å²) in [4.78, 5) is 4.04. The molecule has 17 heavy (non-hydrogen) atoms. The fraction of sp³-hybridized carbons (Fsp3) is 0.786. The summed E-state index contributed by atoms with van der Waals surface area (Å²) in [5.74, 6) is 2.30. The molecule has 0 aromatic carbocycles. The van der Waals surface area contributed by atoms with Crippen LogP contribution < -0.4 is 5.32 Å². The number of nitrogens with one attached hydrogen (secondary N) is 1. The zero-order valence-electron chi connectivity index (χ0n) is 11.7. The lowest BCUT2D eigenvalue weighted by atomic mass is 9.85. The van der Waals surface area contributed by atoms with Gasteiger partial charge in [0.15, 0.2) is 0 Å². The largest absolute Gasteiger partial charge is 0.337 e. The van der Waals surface area contributed by atoms with Crippen molar-refractivity contribution >= 4 is 0 Å². The van der Waals surface area contributed by atoms with Gasteiger partial charge in [-0.15, -0.1) is 0 Å². The van der Waals surface area contributed by atoms with E-state index in [-0.39, 0.29) is 0 Å². The van der Waals surface area contributed by atoms with E-state index in [1.807, 2.05) is 18.7 Å². The van der Waals surface area contributed by atoms with E-state index >= 15 is 0 Å². The molecule has 0 unspecified atom stereocenters. The number of hydrogen-bond donors (Lipinski definition) is 1. The Morgan fingerprint density at radius 3 is 2.41 bits per heavy atom. The van der Waals surface area contributed by atoms with Crippen LogP contribution in [0.2, 0.25) is 0 Å². The third kappa shape index (κ3) is 5.35. The van der Waals surface area contributed by atoms with E-state index in [0.717, 1.165) is 37.4 Å². The zero-order valence-corrected chi connectivity index (χ0v) is 11.7. The summed E-state index contributed by atoms with van der Waals surface area (Å²) in [6.45, 7) is 12.6. The third-order valence-corrected chi connectivity index (χ3v) is 3.42. The highest BCUT2D eigenvalue weighted by Crippen LogP contribution is 2.19. The lowest BCUT2D eigenvalue weighted by molar-refractivity contribution is 0.275. The quantitative estimate of drug-likeness (QED) is 0.705. The Bertz CT molecular complexity index is 270. The summed E-state index contributed by atoms with van der Waals surface area (Å²) in [6.07, 6.45) is 6.90. The molecule has 0 saturated heterocycles. The molecule has 1 heterocycles. The first-order chi connectivity index (χ1) is 8.11. The standard InChI is InChI=1S/C14H27N3/c1-12(2)14(13(3)4)10-15-6-5-8-17-9-7-16-11-17/h7,9,11-15H,5-6,8,10H2,1-4H3. The van der Waals surface area contributed by atoms with Gasteiger partial charge in [0.25, 0.3) is 0 Å². The van der Waals surface area contributed by atoms with Crippen molar-refractivity contribution < 1.29 is 0 Å². The van der Waals surface area contributed by atoms with Crippen LogP contribution in [0.1, 0.15) is 34.1 Å². The van der Waals surface area contributed by atoms with Gasteiger partial charge in [0.1, 0.15) is 0 Å². The summed E-state index contributed by atoms with van der Waals surface area (Å²) in [5.41, 5.74) is 0. The summed E-state index contributed by atoms with van der Waals surface area (Å²) < 4.78 is 2.13. The van der Waals surface area contributed by atoms with E-state index in [0.29, 0.717) is 0 Å². The molecule has 0 aliphatic carbocycles. The molecule has 0 spiro atoms. The molecule has 1 N–H and O–H groups in total. The summed E-state index contributed by atoms with van der Waals surface area (Å²) in [6, 6.07) is 0. The molecular formula is C14H27N3. The van der Waals surface area contributed by atoms with E-state index in [1.165, 1.54) is 6.42 Å². The molecule has 0 radical (unpaired) electrons. The molecule has 1 aromatic rings. The number of imidazole rings is 1. The van der Waals surface area contributed by atoms with Crippen LogP contribution in [0.3, 0.4) is 0 Å². The lowest BCUT2D eigenvalue weighted by Crippen LogP contribution is -2.30. The average molecular weight is 237 g/mol. The molecule has 3 heteroatoms. The monoisotopic (exact) mass is 237 g/mol. The molecule has 1 rings (SSSR count). The van der Waals surface area contributed by atoms with Crippen molar-refractivity contribution in [3.63, 3.8) is 0 Å². The van der Waals surface area contributed by atoms with Gasteiger partial charge in [-0.05, 0) is 37.3 Å². The van der Waals surface area contributed by atoms with Crippen LogP contribution in [0.4, 0.5) is 0 Å². The fourth-order valence-corrected chi connectivity index (χ4v) is 2.32. The molecular weight excluding hydrogens is 210 g/mol. The first-order valence-corrected chi connectivity index (χ1v) is 6.77. The van der Waals surface area contributed by atoms with Gasteiger partial charge in [-0.25, -0.2) is 4.98 Å². The number of aromatic nitrogens is 2. The second-order valence-corrected chi connectivity index (χ2v) is 5.51. The Morgan fingerprint density at radius 2 is 1.88 bits per heavy atom. The smallest absolute Gasteiger partial charge is 0.0945 e. The van der Waals surface area contributed by atoms with Crippen molar-refractivity contribution in [2.45, 2.75) is 40.7 Å². The second-order valence-electron chi connectivity index (χ2n) is 5.51. The van der Waals surface area contributed by atoms with E-state index in [4.69, 9.17) is 0 Å². The van der Waals surface area contributed by atoms with Crippen molar-refractivity contribution in [3.05, 3.63) is 18.7 Å². The molecule has 0 saturated carbocycles. The minimum atomic E-state index is 0.760. The maximum Gasteiger partial charge on any atom is 0.0945 e. The Balaban J connectivity index is 2.10. The van der Waals surface area contributed by atoms with E-state index < -0.39 is 0 Å². The van der Waals surface area contributed by atoms with Crippen LogP contribution in [0.5, 0.6) is 0 Å². The van der Waals surface area contributed by atoms with Gasteiger partial charge in [0, 0.05) is 18.9 Å². The third-order valence-electron chi connectivity index (χ3n) is 3.42. The van der Waals surface area contributed by atoms with Crippen molar-refractivity contribution in [2.75, 3.05) is 13.1 Å². The van der Waals surface area contributed by atoms with E-state index in [9.17, 15) is 0 Å². The number of nitrogens with zero attached hydrogens (tertiary/aromatic N) is 2. The predicted molar refractivity (Wildman–Crippen MR) is 72.9 cm³/mol. The van der Waals surface area contributed by atoms with Gasteiger partial charge in [0.05, 0.1) is 6.33 Å². The Morgan fingerprint density at radius 1 is 1.18 bits per heavy atom. The van der Waals surface area contributed by atoms with Crippen molar-refractivity contribution in [2.24, 2.45) is 17.8 Å². The van der Waals surface area contributed by atoms with Crippen LogP contribution in [-0.4, -0.2) is 22.6 Å². The van der Waals surface area contributed by atoms with Crippen molar-refractivity contribution in [1.29, 1.82) is 0 Å². The van der Waals surface area contributed by atoms with Crippen molar-refractivity contribution in [1.82, 2.24) is 14.9 Å². The first kappa shape index (κ1) is 14.2. The van der Waals surface area contributed by atoms with Gasteiger partial charge < -0.3 is 9.88 Å². The van der Waals surface area contributed by atoms with Gasteiger partial charge in [-0.3, -0.25) is 0 Å². The van der Waals surface area contributed by atoms with Crippen LogP contribution in [0.15, 0.2) is 18.7 Å². The SMILES string of the molecule is CC(C)C(CNCCCn1ccnc1)C(C)C. The average Bonchev–Trinajstić information content (AvgIpc) is 2.74. The highest BCUT2D eigenvalue weighted by atomic mass is 15.0. The molecule has 0 aliphatic rings. The summed E-state index contributed by atoms with van der Waals surface area (Å²) >= 11 is 0. The molecule has 0 aliphatic heterocycles. The molecule has 0 atom stereocenters. The highest BCUT2D eigenvalue weighted by Gasteiger charge is 2.16. The minimum absolute atomic E-state index is 0.760. The maximum absolute atomic E-state index is 4.04. The normalized spacial score (nSPS) is 11.9. The second kappa shape index (κ2) is 7.49. The van der Waals surface area contributed by atoms with Crippen LogP contribution >= 0.6 is 0 Å². The molecule has 0 amide bonds. The van der Waals surface area contributed by atoms with Crippen LogP contribution in [-0.2, 0) is 6.54 Å². The van der Waals surface area contributed by atoms with Crippen LogP contribution in [0, 0.1) is 17.8 Å². The Kier molecular flexibility index (Phi) is 6.27. The maximum atomic E-state index is 4.04. The van der Waals surface area contributed by atoms with Crippen LogP contribution in [0.25, 0.3) is 0 Å². The van der Waals surface area contributed by atoms with Gasteiger partial charge in [-0.1, -0.05) is 27.7 Å².